The number of nitrogens with one attached hydrogen (secondary N) is 1. The maximum atomic E-state index is 9.82. The molecule has 4 nitrogen and oxygen atoms in total. The molecule has 0 aliphatic carbocycles. The fraction of sp³-hybridized carbons (Fsp3) is 0.294. The summed E-state index contributed by atoms with van der Waals surface area (Å²) in [4.78, 5) is 0. The van der Waals surface area contributed by atoms with Gasteiger partial charge in [0.2, 0.25) is 0 Å². The van der Waals surface area contributed by atoms with E-state index >= 15 is 0 Å². The Hall–Kier alpha value is -1.88. The van der Waals surface area contributed by atoms with E-state index < -0.39 is 6.10 Å². The average molecular weight is 287 g/mol. The van der Waals surface area contributed by atoms with Crippen molar-refractivity contribution in [3.05, 3.63) is 65.7 Å². The van der Waals surface area contributed by atoms with Gasteiger partial charge in [-0.25, -0.2) is 0 Å². The maximum absolute atomic E-state index is 9.82. The summed E-state index contributed by atoms with van der Waals surface area (Å²) in [6.07, 6.45) is -0.536. The summed E-state index contributed by atoms with van der Waals surface area (Å²) in [5.41, 5.74) is 2.16. The SMILES string of the molecule is Oc1ccc(CNCC(O)COCc2ccccc2)cc1. The topological polar surface area (TPSA) is 61.7 Å². The zero-order chi connectivity index (χ0) is 14.9. The van der Waals surface area contributed by atoms with Crippen molar-refractivity contribution in [2.75, 3.05) is 13.2 Å². The van der Waals surface area contributed by atoms with E-state index in [1.165, 1.54) is 0 Å². The molecule has 3 N–H and O–H groups in total. The summed E-state index contributed by atoms with van der Waals surface area (Å²) in [6, 6.07) is 16.9. The summed E-state index contributed by atoms with van der Waals surface area (Å²) < 4.78 is 5.48. The molecular weight excluding hydrogens is 266 g/mol. The third-order valence-electron chi connectivity index (χ3n) is 3.07. The van der Waals surface area contributed by atoms with Crippen molar-refractivity contribution in [1.82, 2.24) is 5.32 Å². The van der Waals surface area contributed by atoms with Crippen molar-refractivity contribution in [3.8, 4) is 5.75 Å². The van der Waals surface area contributed by atoms with Crippen LogP contribution in [0.1, 0.15) is 11.1 Å². The number of hydrogen-bond acceptors (Lipinski definition) is 4. The number of phenols is 1. The fourth-order valence-corrected chi connectivity index (χ4v) is 1.94. The maximum Gasteiger partial charge on any atom is 0.115 e. The second-order valence-electron chi connectivity index (χ2n) is 4.95. The Bertz CT molecular complexity index is 513. The minimum Gasteiger partial charge on any atom is -0.508 e. The molecule has 0 radical (unpaired) electrons. The molecule has 0 spiro atoms. The number of aliphatic hydroxyl groups is 1. The van der Waals surface area contributed by atoms with Gasteiger partial charge in [0.15, 0.2) is 0 Å². The molecule has 0 aliphatic heterocycles. The normalized spacial score (nSPS) is 12.2. The Morgan fingerprint density at radius 3 is 2.38 bits per heavy atom. The van der Waals surface area contributed by atoms with Crippen LogP contribution in [0.25, 0.3) is 0 Å². The molecule has 0 amide bonds. The lowest BCUT2D eigenvalue weighted by atomic mass is 10.2. The molecule has 2 aromatic carbocycles. The number of aliphatic hydroxyl groups excluding tert-OH is 1. The molecule has 0 saturated carbocycles. The standard InChI is InChI=1S/C17H21NO3/c19-16-8-6-14(7-9-16)10-18-11-17(20)13-21-12-15-4-2-1-3-5-15/h1-9,17-20H,10-13H2. The third-order valence-corrected chi connectivity index (χ3v) is 3.07. The Morgan fingerprint density at radius 2 is 1.67 bits per heavy atom. The fourth-order valence-electron chi connectivity index (χ4n) is 1.94. The number of ether oxygens (including phenoxy) is 1. The lowest BCUT2D eigenvalue weighted by molar-refractivity contribution is 0.0287. The Kier molecular flexibility index (Phi) is 6.22. The Balaban J connectivity index is 1.59. The van der Waals surface area contributed by atoms with Gasteiger partial charge in [-0.1, -0.05) is 42.5 Å². The van der Waals surface area contributed by atoms with Gasteiger partial charge in [-0.15, -0.1) is 0 Å². The third kappa shape index (κ3) is 5.95. The van der Waals surface area contributed by atoms with Crippen LogP contribution in [0.5, 0.6) is 5.75 Å². The second kappa shape index (κ2) is 8.42. The van der Waals surface area contributed by atoms with Gasteiger partial charge in [0.05, 0.1) is 19.3 Å². The van der Waals surface area contributed by atoms with Crippen molar-refractivity contribution in [3.63, 3.8) is 0 Å². The molecule has 0 aromatic heterocycles. The monoisotopic (exact) mass is 287 g/mol. The predicted molar refractivity (Wildman–Crippen MR) is 81.9 cm³/mol. The van der Waals surface area contributed by atoms with Crippen molar-refractivity contribution >= 4 is 0 Å². The molecule has 2 aromatic rings. The van der Waals surface area contributed by atoms with E-state index in [0.29, 0.717) is 26.3 Å². The molecule has 0 bridgehead atoms. The van der Waals surface area contributed by atoms with Gasteiger partial charge in [0, 0.05) is 13.1 Å². The molecule has 0 heterocycles. The highest BCUT2D eigenvalue weighted by Crippen LogP contribution is 2.09. The number of rotatable bonds is 8. The van der Waals surface area contributed by atoms with E-state index in [-0.39, 0.29) is 5.75 Å². The number of hydrogen-bond donors (Lipinski definition) is 3. The highest BCUT2D eigenvalue weighted by Gasteiger charge is 2.04. The van der Waals surface area contributed by atoms with E-state index in [1.807, 2.05) is 42.5 Å². The van der Waals surface area contributed by atoms with Crippen LogP contribution in [-0.4, -0.2) is 29.5 Å². The average Bonchev–Trinajstić information content (AvgIpc) is 2.50. The van der Waals surface area contributed by atoms with Crippen LogP contribution in [0.4, 0.5) is 0 Å². The molecule has 112 valence electrons. The highest BCUT2D eigenvalue weighted by molar-refractivity contribution is 5.25. The predicted octanol–water partition coefficient (Wildman–Crippen LogP) is 2.06. The molecular formula is C17H21NO3. The number of phenolic OH excluding ortho intramolecular Hbond substituents is 1. The van der Waals surface area contributed by atoms with Crippen molar-refractivity contribution in [1.29, 1.82) is 0 Å². The first-order valence-corrected chi connectivity index (χ1v) is 7.02. The van der Waals surface area contributed by atoms with E-state index in [1.54, 1.807) is 12.1 Å². The summed E-state index contributed by atoms with van der Waals surface area (Å²) in [5.74, 6) is 0.257. The van der Waals surface area contributed by atoms with Gasteiger partial charge in [-0.05, 0) is 23.3 Å². The van der Waals surface area contributed by atoms with Gasteiger partial charge in [-0.3, -0.25) is 0 Å². The van der Waals surface area contributed by atoms with Gasteiger partial charge < -0.3 is 20.3 Å². The zero-order valence-electron chi connectivity index (χ0n) is 11.9. The summed E-state index contributed by atoms with van der Waals surface area (Å²) in [5, 5.41) is 22.2. The lowest BCUT2D eigenvalue weighted by Crippen LogP contribution is -2.30. The van der Waals surface area contributed by atoms with Gasteiger partial charge in [0.25, 0.3) is 0 Å². The lowest BCUT2D eigenvalue weighted by Gasteiger charge is -2.12. The minimum absolute atomic E-state index is 0.257. The molecule has 21 heavy (non-hydrogen) atoms. The largest absolute Gasteiger partial charge is 0.508 e. The first kappa shape index (κ1) is 15.5. The van der Waals surface area contributed by atoms with Crippen LogP contribution < -0.4 is 5.32 Å². The second-order valence-corrected chi connectivity index (χ2v) is 4.95. The van der Waals surface area contributed by atoms with Crippen LogP contribution in [0.15, 0.2) is 54.6 Å². The quantitative estimate of drug-likeness (QED) is 0.695. The van der Waals surface area contributed by atoms with E-state index in [9.17, 15) is 10.2 Å². The van der Waals surface area contributed by atoms with Gasteiger partial charge in [0.1, 0.15) is 5.75 Å². The van der Waals surface area contributed by atoms with Crippen LogP contribution in [-0.2, 0) is 17.9 Å². The van der Waals surface area contributed by atoms with Crippen LogP contribution in [0.2, 0.25) is 0 Å². The van der Waals surface area contributed by atoms with E-state index in [0.717, 1.165) is 11.1 Å². The van der Waals surface area contributed by atoms with Crippen molar-refractivity contribution in [2.24, 2.45) is 0 Å². The number of aromatic hydroxyl groups is 1. The Labute approximate surface area is 125 Å². The Morgan fingerprint density at radius 1 is 0.952 bits per heavy atom. The molecule has 1 atom stereocenters. The number of benzene rings is 2. The van der Waals surface area contributed by atoms with Crippen LogP contribution in [0.3, 0.4) is 0 Å². The molecule has 0 saturated heterocycles. The molecule has 2 rings (SSSR count). The first-order chi connectivity index (χ1) is 10.2. The van der Waals surface area contributed by atoms with Crippen molar-refractivity contribution in [2.45, 2.75) is 19.3 Å². The minimum atomic E-state index is -0.536. The van der Waals surface area contributed by atoms with E-state index in [4.69, 9.17) is 4.74 Å². The van der Waals surface area contributed by atoms with Gasteiger partial charge in [-0.2, -0.15) is 0 Å². The molecule has 0 fully saturated rings. The smallest absolute Gasteiger partial charge is 0.115 e. The summed E-state index contributed by atoms with van der Waals surface area (Å²) >= 11 is 0. The van der Waals surface area contributed by atoms with Gasteiger partial charge >= 0.3 is 0 Å². The van der Waals surface area contributed by atoms with Crippen LogP contribution in [0, 0.1) is 0 Å². The summed E-state index contributed by atoms with van der Waals surface area (Å²) in [6.45, 7) is 1.93. The first-order valence-electron chi connectivity index (χ1n) is 7.02. The highest BCUT2D eigenvalue weighted by atomic mass is 16.5. The molecule has 0 aliphatic rings. The summed E-state index contributed by atoms with van der Waals surface area (Å²) in [7, 11) is 0. The van der Waals surface area contributed by atoms with Crippen LogP contribution >= 0.6 is 0 Å². The zero-order valence-corrected chi connectivity index (χ0v) is 11.9. The molecule has 4 heteroatoms. The van der Waals surface area contributed by atoms with Crippen molar-refractivity contribution < 1.29 is 14.9 Å². The molecule has 1 unspecified atom stereocenters. The van der Waals surface area contributed by atoms with E-state index in [2.05, 4.69) is 5.32 Å².